The van der Waals surface area contributed by atoms with Crippen molar-refractivity contribution in [2.75, 3.05) is 19.0 Å². The van der Waals surface area contributed by atoms with Gasteiger partial charge in [-0.3, -0.25) is 4.68 Å². The van der Waals surface area contributed by atoms with E-state index in [1.54, 1.807) is 18.9 Å². The molecule has 0 fully saturated rings. The Morgan fingerprint density at radius 3 is 2.95 bits per heavy atom. The minimum absolute atomic E-state index is 0.291. The number of nitrogens with one attached hydrogen (secondary N) is 1. The Morgan fingerprint density at radius 2 is 2.26 bits per heavy atom. The second-order valence-electron chi connectivity index (χ2n) is 4.64. The first-order valence-corrected chi connectivity index (χ1v) is 6.20. The van der Waals surface area contributed by atoms with E-state index in [0.29, 0.717) is 12.6 Å². The van der Waals surface area contributed by atoms with Gasteiger partial charge in [0.25, 0.3) is 0 Å². The molecule has 0 aliphatic rings. The number of anilines is 1. The highest BCUT2D eigenvalue weighted by Crippen LogP contribution is 2.03. The van der Waals surface area contributed by atoms with Gasteiger partial charge in [0.2, 0.25) is 5.95 Å². The zero-order chi connectivity index (χ0) is 13.7. The van der Waals surface area contributed by atoms with Crippen LogP contribution in [-0.4, -0.2) is 44.9 Å². The molecule has 7 nitrogen and oxygen atoms in total. The first-order chi connectivity index (χ1) is 9.15. The monoisotopic (exact) mass is 261 g/mol. The molecule has 0 bridgehead atoms. The summed E-state index contributed by atoms with van der Waals surface area (Å²) in [7, 11) is 3.86. The van der Waals surface area contributed by atoms with Gasteiger partial charge in [0, 0.05) is 32.9 Å². The van der Waals surface area contributed by atoms with Crippen molar-refractivity contribution in [3.63, 3.8) is 0 Å². The molecule has 2 heterocycles. The highest BCUT2D eigenvalue weighted by molar-refractivity contribution is 5.26. The van der Waals surface area contributed by atoms with Gasteiger partial charge in [0.15, 0.2) is 0 Å². The van der Waals surface area contributed by atoms with Crippen LogP contribution in [0.5, 0.6) is 0 Å². The van der Waals surface area contributed by atoms with Crippen LogP contribution in [0, 0.1) is 0 Å². The summed E-state index contributed by atoms with van der Waals surface area (Å²) in [6, 6.07) is 2.21. The van der Waals surface area contributed by atoms with Crippen LogP contribution >= 0.6 is 0 Å². The maximum absolute atomic E-state index is 4.46. The largest absolute Gasteiger partial charge is 0.347 e. The van der Waals surface area contributed by atoms with Gasteiger partial charge in [-0.05, 0) is 13.0 Å². The van der Waals surface area contributed by atoms with Gasteiger partial charge in [-0.25, -0.2) is 15.0 Å². The van der Waals surface area contributed by atoms with Crippen LogP contribution in [0.4, 0.5) is 5.95 Å². The molecule has 0 amide bonds. The fourth-order valence-corrected chi connectivity index (χ4v) is 1.65. The SMILES string of the molecule is C[C@H](Cn1cncn1)NCc1ccnc(N(C)C)n1. The van der Waals surface area contributed by atoms with E-state index in [0.717, 1.165) is 18.2 Å². The number of hydrogen-bond acceptors (Lipinski definition) is 6. The smallest absolute Gasteiger partial charge is 0.225 e. The summed E-state index contributed by atoms with van der Waals surface area (Å²) < 4.78 is 1.81. The van der Waals surface area contributed by atoms with Gasteiger partial charge in [-0.1, -0.05) is 0 Å². The Balaban J connectivity index is 1.86. The van der Waals surface area contributed by atoms with Crippen molar-refractivity contribution in [3.8, 4) is 0 Å². The Morgan fingerprint density at radius 1 is 1.42 bits per heavy atom. The predicted molar refractivity (Wildman–Crippen MR) is 72.7 cm³/mol. The Hall–Kier alpha value is -2.02. The van der Waals surface area contributed by atoms with E-state index in [1.165, 1.54) is 0 Å². The summed E-state index contributed by atoms with van der Waals surface area (Å²) in [6.45, 7) is 3.60. The molecule has 19 heavy (non-hydrogen) atoms. The van der Waals surface area contributed by atoms with Gasteiger partial charge in [-0.2, -0.15) is 5.10 Å². The average molecular weight is 261 g/mol. The molecule has 1 atom stereocenters. The maximum atomic E-state index is 4.46. The lowest BCUT2D eigenvalue weighted by atomic mass is 10.3. The first kappa shape index (κ1) is 13.4. The van der Waals surface area contributed by atoms with Crippen LogP contribution in [0.1, 0.15) is 12.6 Å². The Bertz CT molecular complexity index is 495. The third kappa shape index (κ3) is 3.99. The molecule has 2 rings (SSSR count). The maximum Gasteiger partial charge on any atom is 0.225 e. The number of rotatable bonds is 6. The van der Waals surface area contributed by atoms with Crippen LogP contribution in [-0.2, 0) is 13.1 Å². The minimum atomic E-state index is 0.291. The normalized spacial score (nSPS) is 12.4. The van der Waals surface area contributed by atoms with Crippen LogP contribution < -0.4 is 10.2 Å². The molecule has 2 aromatic rings. The van der Waals surface area contributed by atoms with E-state index < -0.39 is 0 Å². The Kier molecular flexibility index (Phi) is 4.40. The molecule has 0 saturated carbocycles. The molecule has 0 aromatic carbocycles. The quantitative estimate of drug-likeness (QED) is 0.807. The van der Waals surface area contributed by atoms with Gasteiger partial charge >= 0.3 is 0 Å². The van der Waals surface area contributed by atoms with E-state index in [1.807, 2.05) is 29.7 Å². The third-order valence-electron chi connectivity index (χ3n) is 2.66. The molecule has 102 valence electrons. The summed E-state index contributed by atoms with van der Waals surface area (Å²) in [5.41, 5.74) is 0.976. The molecular formula is C12H19N7. The number of hydrogen-bond donors (Lipinski definition) is 1. The van der Waals surface area contributed by atoms with E-state index in [9.17, 15) is 0 Å². The van der Waals surface area contributed by atoms with Crippen molar-refractivity contribution >= 4 is 5.95 Å². The predicted octanol–water partition coefficient (Wildman–Crippen LogP) is 0.312. The second kappa shape index (κ2) is 6.24. The lowest BCUT2D eigenvalue weighted by Crippen LogP contribution is -2.30. The standard InChI is InChI=1S/C12H19N7/c1-10(7-19-9-13-8-16-19)15-6-11-4-5-14-12(17-11)18(2)3/h4-5,8-10,15H,6-7H2,1-3H3/t10-/m1/s1. The number of nitrogens with zero attached hydrogens (tertiary/aromatic N) is 6. The zero-order valence-corrected chi connectivity index (χ0v) is 11.5. The van der Waals surface area contributed by atoms with Crippen molar-refractivity contribution in [2.24, 2.45) is 0 Å². The molecule has 0 saturated heterocycles. The van der Waals surface area contributed by atoms with E-state index in [4.69, 9.17) is 0 Å². The van der Waals surface area contributed by atoms with E-state index in [2.05, 4.69) is 32.3 Å². The topological polar surface area (TPSA) is 71.8 Å². The summed E-state index contributed by atoms with van der Waals surface area (Å²) in [6.07, 6.45) is 5.04. The van der Waals surface area contributed by atoms with Crippen LogP contribution in [0.25, 0.3) is 0 Å². The number of aromatic nitrogens is 5. The van der Waals surface area contributed by atoms with Gasteiger partial charge in [0.05, 0.1) is 12.2 Å². The van der Waals surface area contributed by atoms with E-state index >= 15 is 0 Å². The summed E-state index contributed by atoms with van der Waals surface area (Å²) in [4.78, 5) is 14.5. The van der Waals surface area contributed by atoms with Crippen molar-refractivity contribution in [2.45, 2.75) is 26.1 Å². The third-order valence-corrected chi connectivity index (χ3v) is 2.66. The molecule has 0 aliphatic carbocycles. The summed E-state index contributed by atoms with van der Waals surface area (Å²) in [5.74, 6) is 0.725. The second-order valence-corrected chi connectivity index (χ2v) is 4.64. The summed E-state index contributed by atoms with van der Waals surface area (Å²) in [5, 5.41) is 7.49. The van der Waals surface area contributed by atoms with Crippen LogP contribution in [0.15, 0.2) is 24.9 Å². The van der Waals surface area contributed by atoms with Crippen molar-refractivity contribution in [1.29, 1.82) is 0 Å². The lowest BCUT2D eigenvalue weighted by molar-refractivity contribution is 0.447. The van der Waals surface area contributed by atoms with Gasteiger partial charge in [0.1, 0.15) is 12.7 Å². The molecule has 0 aliphatic heterocycles. The fourth-order valence-electron chi connectivity index (χ4n) is 1.65. The molecule has 1 N–H and O–H groups in total. The molecule has 0 radical (unpaired) electrons. The highest BCUT2D eigenvalue weighted by Gasteiger charge is 2.05. The van der Waals surface area contributed by atoms with Crippen molar-refractivity contribution < 1.29 is 0 Å². The minimum Gasteiger partial charge on any atom is -0.347 e. The zero-order valence-electron chi connectivity index (χ0n) is 11.5. The van der Waals surface area contributed by atoms with Crippen LogP contribution in [0.2, 0.25) is 0 Å². The molecule has 0 unspecified atom stereocenters. The molecular weight excluding hydrogens is 242 g/mol. The molecule has 7 heteroatoms. The summed E-state index contributed by atoms with van der Waals surface area (Å²) >= 11 is 0. The van der Waals surface area contributed by atoms with Crippen molar-refractivity contribution in [3.05, 3.63) is 30.6 Å². The molecule has 0 spiro atoms. The van der Waals surface area contributed by atoms with Gasteiger partial charge < -0.3 is 10.2 Å². The average Bonchev–Trinajstić information content (AvgIpc) is 2.89. The van der Waals surface area contributed by atoms with Crippen LogP contribution in [0.3, 0.4) is 0 Å². The first-order valence-electron chi connectivity index (χ1n) is 6.20. The lowest BCUT2D eigenvalue weighted by Gasteiger charge is -2.14. The van der Waals surface area contributed by atoms with Crippen molar-refractivity contribution in [1.82, 2.24) is 30.0 Å². The Labute approximate surface area is 112 Å². The van der Waals surface area contributed by atoms with Gasteiger partial charge in [-0.15, -0.1) is 0 Å². The highest BCUT2D eigenvalue weighted by atomic mass is 15.3. The fraction of sp³-hybridized carbons (Fsp3) is 0.500. The molecule has 2 aromatic heterocycles. The van der Waals surface area contributed by atoms with E-state index in [-0.39, 0.29) is 0 Å².